The van der Waals surface area contributed by atoms with Crippen molar-refractivity contribution in [3.05, 3.63) is 79.5 Å². The number of ether oxygens (including phenoxy) is 1. The first kappa shape index (κ1) is 18.2. The molecule has 0 radical (unpaired) electrons. The molecule has 30 heavy (non-hydrogen) atoms. The van der Waals surface area contributed by atoms with Crippen molar-refractivity contribution < 1.29 is 20.6 Å². The van der Waals surface area contributed by atoms with Crippen molar-refractivity contribution in [2.45, 2.75) is 32.2 Å². The summed E-state index contributed by atoms with van der Waals surface area (Å²) in [6, 6.07) is 1.74. The second-order valence-electron chi connectivity index (χ2n) is 6.59. The number of hydrogen-bond donors (Lipinski definition) is 0. The van der Waals surface area contributed by atoms with Gasteiger partial charge in [0.15, 0.2) is 16.8 Å². The quantitative estimate of drug-likeness (QED) is 0.529. The predicted octanol–water partition coefficient (Wildman–Crippen LogP) is 4.81. The molecule has 0 saturated heterocycles. The smallest absolute Gasteiger partial charge is 0.278 e. The number of pyridine rings is 3. The number of hydrogen-bond acceptors (Lipinski definition) is 4. The molecule has 5 nitrogen and oxygen atoms in total. The molecule has 0 aliphatic carbocycles. The van der Waals surface area contributed by atoms with Crippen molar-refractivity contribution in [3.8, 4) is 11.4 Å². The van der Waals surface area contributed by atoms with E-state index in [4.69, 9.17) is 30.7 Å². The van der Waals surface area contributed by atoms with E-state index in [2.05, 4.69) is 9.97 Å². The molecule has 0 amide bonds. The maximum Gasteiger partial charge on any atom is 0.278 e. The molecule has 156 valence electrons. The number of nitrogens with zero attached hydrogens (tertiary/aromatic N) is 3. The van der Waals surface area contributed by atoms with Crippen molar-refractivity contribution in [1.29, 1.82) is 0 Å². The molecule has 0 spiro atoms. The van der Waals surface area contributed by atoms with Gasteiger partial charge in [-0.25, -0.2) is 18.2 Å². The molecule has 3 aromatic rings. The molecule has 0 aromatic carbocycles. The van der Waals surface area contributed by atoms with Gasteiger partial charge in [0.05, 0.1) is 14.6 Å². The second kappa shape index (κ2) is 8.28. The van der Waals surface area contributed by atoms with Crippen molar-refractivity contribution in [3.63, 3.8) is 0 Å². The highest BCUT2D eigenvalue weighted by Gasteiger charge is 2.24. The summed E-state index contributed by atoms with van der Waals surface area (Å²) in [5.74, 6) is -3.53. The Balaban J connectivity index is 1.86. The van der Waals surface area contributed by atoms with Crippen LogP contribution in [0.25, 0.3) is 5.69 Å². The van der Waals surface area contributed by atoms with Gasteiger partial charge in [-0.15, -0.1) is 0 Å². The Kier molecular flexibility index (Phi) is 5.02. The average Bonchev–Trinajstić information content (AvgIpc) is 2.70. The summed E-state index contributed by atoms with van der Waals surface area (Å²) >= 11 is 12.0. The molecule has 0 atom stereocenters. The van der Waals surface area contributed by atoms with Crippen LogP contribution in [0.3, 0.4) is 0 Å². The first-order valence-electron chi connectivity index (χ1n) is 9.88. The molecular weight excluding hydrogens is 442 g/mol. The number of fused-ring (bicyclic) bond motifs is 3. The maximum absolute atomic E-state index is 14.9. The molecule has 0 unspecified atom stereocenters. The summed E-state index contributed by atoms with van der Waals surface area (Å²) in [4.78, 5) is 20.3. The Morgan fingerprint density at radius 1 is 1.13 bits per heavy atom. The van der Waals surface area contributed by atoms with Gasteiger partial charge >= 0.3 is 0 Å². The van der Waals surface area contributed by atoms with Gasteiger partial charge in [-0.3, -0.25) is 14.3 Å². The Morgan fingerprint density at radius 3 is 2.67 bits per heavy atom. The van der Waals surface area contributed by atoms with E-state index < -0.39 is 45.4 Å². The van der Waals surface area contributed by atoms with Crippen LogP contribution in [0.4, 0.5) is 13.2 Å². The number of rotatable bonds is 3. The zero-order chi connectivity index (χ0) is 23.2. The van der Waals surface area contributed by atoms with Crippen LogP contribution in [0.15, 0.2) is 29.3 Å². The fourth-order valence-electron chi connectivity index (χ4n) is 3.25. The SMILES string of the molecule is [2H]C([2H])(Oc1cc2n(c(=O)c1Cl)-c1c(cnc(Cl)c1F)CCCC2)c1ncc(F)cc1F. The van der Waals surface area contributed by atoms with Crippen LogP contribution in [-0.4, -0.2) is 14.5 Å². The third-order valence-corrected chi connectivity index (χ3v) is 5.25. The van der Waals surface area contributed by atoms with Crippen LogP contribution in [-0.2, 0) is 19.4 Å². The van der Waals surface area contributed by atoms with Crippen LogP contribution < -0.4 is 10.3 Å². The highest BCUT2D eigenvalue weighted by Crippen LogP contribution is 2.31. The van der Waals surface area contributed by atoms with Gasteiger partial charge in [-0.05, 0) is 31.2 Å². The zero-order valence-corrected chi connectivity index (χ0v) is 16.7. The molecular formula is C20H14Cl2F3N3O2. The lowest BCUT2D eigenvalue weighted by molar-refractivity contribution is 0.292. The average molecular weight is 458 g/mol. The minimum absolute atomic E-state index is 0.0765. The van der Waals surface area contributed by atoms with Crippen LogP contribution in [0, 0.1) is 17.5 Å². The molecule has 1 aliphatic rings. The summed E-state index contributed by atoms with van der Waals surface area (Å²) < 4.78 is 64.5. The molecule has 4 rings (SSSR count). The van der Waals surface area contributed by atoms with Gasteiger partial charge in [-0.2, -0.15) is 0 Å². The minimum Gasteiger partial charge on any atom is -0.485 e. The van der Waals surface area contributed by atoms with Gasteiger partial charge < -0.3 is 4.74 Å². The minimum atomic E-state index is -2.88. The summed E-state index contributed by atoms with van der Waals surface area (Å²) in [6.07, 6.45) is 4.12. The van der Waals surface area contributed by atoms with Crippen molar-refractivity contribution >= 4 is 23.2 Å². The van der Waals surface area contributed by atoms with E-state index in [1.165, 1.54) is 12.3 Å². The van der Waals surface area contributed by atoms with Gasteiger partial charge in [-0.1, -0.05) is 23.2 Å². The lowest BCUT2D eigenvalue weighted by atomic mass is 10.0. The molecule has 3 aromatic heterocycles. The van der Waals surface area contributed by atoms with E-state index in [-0.39, 0.29) is 11.4 Å². The number of aromatic nitrogens is 3. The summed E-state index contributed by atoms with van der Waals surface area (Å²) in [5.41, 5.74) is -1.01. The van der Waals surface area contributed by atoms with Gasteiger partial charge in [0.25, 0.3) is 5.56 Å². The summed E-state index contributed by atoms with van der Waals surface area (Å²) in [6.45, 7) is -2.88. The molecule has 0 N–H and O–H groups in total. The highest BCUT2D eigenvalue weighted by atomic mass is 35.5. The van der Waals surface area contributed by atoms with Crippen LogP contribution in [0.2, 0.25) is 10.2 Å². The van der Waals surface area contributed by atoms with Crippen molar-refractivity contribution in [1.82, 2.24) is 14.5 Å². The van der Waals surface area contributed by atoms with Crippen LogP contribution in [0.1, 0.15) is 32.5 Å². The Labute approximate surface area is 181 Å². The van der Waals surface area contributed by atoms with Crippen LogP contribution >= 0.6 is 23.2 Å². The van der Waals surface area contributed by atoms with E-state index in [0.29, 0.717) is 49.2 Å². The topological polar surface area (TPSA) is 57.0 Å². The van der Waals surface area contributed by atoms with Gasteiger partial charge in [0.1, 0.15) is 28.8 Å². The maximum atomic E-state index is 14.9. The highest BCUT2D eigenvalue weighted by molar-refractivity contribution is 6.32. The second-order valence-corrected chi connectivity index (χ2v) is 7.32. The van der Waals surface area contributed by atoms with Gasteiger partial charge in [0.2, 0.25) is 0 Å². The molecule has 0 bridgehead atoms. The van der Waals surface area contributed by atoms with Crippen molar-refractivity contribution in [2.24, 2.45) is 0 Å². The standard InChI is InChI=1S/C20H14Cl2F3N3O2/c21-16-15(30-9-14-13(24)5-11(23)8-26-14)6-12-4-2-1-3-10-7-27-19(22)17(25)18(10)28(12)20(16)29/h5-8H,1-4,9H2/i9D2. The molecule has 4 heterocycles. The van der Waals surface area contributed by atoms with E-state index in [9.17, 15) is 18.0 Å². The Bertz CT molecular complexity index is 1290. The summed E-state index contributed by atoms with van der Waals surface area (Å²) in [7, 11) is 0. The largest absolute Gasteiger partial charge is 0.485 e. The molecule has 1 aliphatic heterocycles. The predicted molar refractivity (Wildman–Crippen MR) is 105 cm³/mol. The van der Waals surface area contributed by atoms with Crippen LogP contribution in [0.5, 0.6) is 5.75 Å². The number of halogens is 5. The third-order valence-electron chi connectivity index (χ3n) is 4.64. The van der Waals surface area contributed by atoms with Gasteiger partial charge in [0, 0.05) is 24.0 Å². The Morgan fingerprint density at radius 2 is 1.90 bits per heavy atom. The summed E-state index contributed by atoms with van der Waals surface area (Å²) in [5, 5.41) is -0.966. The zero-order valence-electron chi connectivity index (χ0n) is 17.2. The lowest BCUT2D eigenvalue weighted by Crippen LogP contribution is -2.26. The normalized spacial score (nSPS) is 14.7. The number of aryl methyl sites for hydroxylation is 2. The van der Waals surface area contributed by atoms with E-state index in [0.717, 1.165) is 4.57 Å². The molecule has 0 saturated carbocycles. The Hall–Kier alpha value is -2.58. The first-order valence-corrected chi connectivity index (χ1v) is 9.64. The van der Waals surface area contributed by atoms with Crippen molar-refractivity contribution in [2.75, 3.05) is 0 Å². The molecule has 0 fully saturated rings. The fraction of sp³-hybridized carbons (Fsp3) is 0.250. The van der Waals surface area contributed by atoms with E-state index in [1.54, 1.807) is 0 Å². The third kappa shape index (κ3) is 3.77. The monoisotopic (exact) mass is 457 g/mol. The first-order chi connectivity index (χ1) is 15.1. The molecule has 10 heteroatoms. The fourth-order valence-corrected chi connectivity index (χ4v) is 3.56. The lowest BCUT2D eigenvalue weighted by Gasteiger charge is -2.21. The van der Waals surface area contributed by atoms with E-state index >= 15 is 0 Å². The van der Waals surface area contributed by atoms with E-state index in [1.807, 2.05) is 0 Å².